The van der Waals surface area contributed by atoms with Gasteiger partial charge in [0.2, 0.25) is 0 Å². The average Bonchev–Trinajstić information content (AvgIpc) is 4.09. The zero-order valence-electron chi connectivity index (χ0n) is 40.8. The molecule has 0 saturated carbocycles. The summed E-state index contributed by atoms with van der Waals surface area (Å²) in [6.45, 7) is 4.35. The quantitative estimate of drug-likeness (QED) is 0.135. The van der Waals surface area contributed by atoms with Crippen molar-refractivity contribution in [2.75, 3.05) is 14.2 Å². The molecule has 0 unspecified atom stereocenters. The van der Waals surface area contributed by atoms with Crippen molar-refractivity contribution in [3.63, 3.8) is 0 Å². The third-order valence-corrected chi connectivity index (χ3v) is 14.3. The number of imidazole rings is 2. The second-order valence-electron chi connectivity index (χ2n) is 18.6. The molecule has 0 atom stereocenters. The van der Waals surface area contributed by atoms with E-state index >= 15 is 0 Å². The van der Waals surface area contributed by atoms with Crippen LogP contribution in [0.25, 0.3) is 111 Å². The Labute approximate surface area is 407 Å². The monoisotopic (exact) mass is 914 g/mol. The van der Waals surface area contributed by atoms with E-state index in [1.807, 2.05) is 0 Å². The molecule has 342 valence electrons. The Morgan fingerprint density at radius 3 is 1.00 bits per heavy atom. The maximum Gasteiger partial charge on any atom is 0.373 e. The summed E-state index contributed by atoms with van der Waals surface area (Å²) in [6.07, 6.45) is 4.50. The van der Waals surface area contributed by atoms with Gasteiger partial charge in [-0.25, -0.2) is 18.3 Å². The first kappa shape index (κ1) is 42.7. The molecule has 4 heterocycles. The summed E-state index contributed by atoms with van der Waals surface area (Å²) in [5.41, 5.74) is 17.5. The van der Waals surface area contributed by atoms with Gasteiger partial charge >= 0.3 is 11.6 Å². The van der Waals surface area contributed by atoms with Crippen LogP contribution in [-0.2, 0) is 28.2 Å². The van der Waals surface area contributed by atoms with Crippen LogP contribution in [0, 0.1) is 13.8 Å². The van der Waals surface area contributed by atoms with Crippen molar-refractivity contribution >= 4 is 43.6 Å². The third-order valence-electron chi connectivity index (χ3n) is 14.3. The SMILES string of the molecule is COc1c(-c2ccccc2-c2cn(C)c(-c3n(C)cc(-c4ccccc4-c4cc(C)cc(-n5c6ccccc6c6ccccc65)c4OC)[n+]3C)[n+]2C)cc(C)cc1-n1c2ccccc2c2ccccc21. The fourth-order valence-electron chi connectivity index (χ4n) is 11.4. The molecule has 0 radical (unpaired) electrons. The molecule has 70 heavy (non-hydrogen) atoms. The van der Waals surface area contributed by atoms with Gasteiger partial charge < -0.3 is 18.6 Å². The standard InChI is InChI=1S/C62H54N6O2/c1-39-33-49(59(69-7)55(35-39)67-51-29-17-13-25-45(51)46-26-14-18-30-52(46)67)41-21-9-11-23-43(41)57-37-63(3)61(65(57)5)62-64(4)38-58(66(62)6)44-24-12-10-22-42(44)50-34-40(2)36-56(60(50)70-8)68-53-31-19-15-27-47(53)48-28-16-20-32-54(48)68/h9-38H,1-8H3/q+2. The summed E-state index contributed by atoms with van der Waals surface area (Å²) < 4.78 is 26.8. The number of rotatable bonds is 9. The molecule has 0 spiro atoms. The Morgan fingerprint density at radius 2 is 0.671 bits per heavy atom. The molecule has 8 heteroatoms. The number of ether oxygens (including phenoxy) is 2. The van der Waals surface area contributed by atoms with Crippen LogP contribution in [-0.4, -0.2) is 32.5 Å². The van der Waals surface area contributed by atoms with Gasteiger partial charge in [-0.3, -0.25) is 0 Å². The minimum absolute atomic E-state index is 0.827. The zero-order chi connectivity index (χ0) is 47.9. The number of benzene rings is 8. The Balaban J connectivity index is 0.987. The van der Waals surface area contributed by atoms with E-state index in [2.05, 4.69) is 252 Å². The van der Waals surface area contributed by atoms with Crippen LogP contribution < -0.4 is 18.6 Å². The largest absolute Gasteiger partial charge is 0.494 e. The van der Waals surface area contributed by atoms with Crippen LogP contribution in [0.4, 0.5) is 0 Å². The van der Waals surface area contributed by atoms with Gasteiger partial charge in [0, 0.05) is 43.8 Å². The van der Waals surface area contributed by atoms with Crippen molar-refractivity contribution in [2.45, 2.75) is 13.8 Å². The van der Waals surface area contributed by atoms with Crippen LogP contribution in [0.15, 0.2) is 182 Å². The second-order valence-corrected chi connectivity index (χ2v) is 18.6. The predicted molar refractivity (Wildman–Crippen MR) is 285 cm³/mol. The molecule has 12 rings (SSSR count). The van der Waals surface area contributed by atoms with Crippen LogP contribution in [0.5, 0.6) is 11.5 Å². The van der Waals surface area contributed by atoms with E-state index in [9.17, 15) is 0 Å². The topological polar surface area (TPSA) is 45.9 Å². The minimum atomic E-state index is 0.827. The third kappa shape index (κ3) is 6.43. The van der Waals surface area contributed by atoms with Crippen molar-refractivity contribution in [3.05, 3.63) is 193 Å². The van der Waals surface area contributed by atoms with Crippen LogP contribution in [0.3, 0.4) is 0 Å². The van der Waals surface area contributed by atoms with Gasteiger partial charge in [-0.15, -0.1) is 0 Å². The fourth-order valence-corrected chi connectivity index (χ4v) is 11.4. The lowest BCUT2D eigenvalue weighted by Gasteiger charge is -2.19. The van der Waals surface area contributed by atoms with Crippen LogP contribution in [0.2, 0.25) is 0 Å². The Hall–Kier alpha value is -8.62. The Bertz CT molecular complexity index is 3700. The molecule has 8 nitrogen and oxygen atoms in total. The van der Waals surface area contributed by atoms with Gasteiger partial charge in [-0.05, 0) is 96.8 Å². The maximum absolute atomic E-state index is 6.48. The van der Waals surface area contributed by atoms with Gasteiger partial charge in [-0.1, -0.05) is 109 Å². The molecule has 0 bridgehead atoms. The molecule has 0 N–H and O–H groups in total. The second kappa shape index (κ2) is 16.6. The number of aryl methyl sites for hydroxylation is 4. The predicted octanol–water partition coefficient (Wildman–Crippen LogP) is 13.2. The number of fused-ring (bicyclic) bond motifs is 6. The summed E-state index contributed by atoms with van der Waals surface area (Å²) in [7, 11) is 12.2. The Morgan fingerprint density at radius 1 is 0.371 bits per heavy atom. The molecule has 8 aromatic carbocycles. The zero-order valence-corrected chi connectivity index (χ0v) is 40.8. The number of hydrogen-bond donors (Lipinski definition) is 0. The van der Waals surface area contributed by atoms with E-state index in [1.54, 1.807) is 14.2 Å². The summed E-state index contributed by atoms with van der Waals surface area (Å²) in [6, 6.07) is 61.0. The van der Waals surface area contributed by atoms with Crippen molar-refractivity contribution in [3.8, 4) is 79.3 Å². The van der Waals surface area contributed by atoms with E-state index in [0.717, 1.165) is 112 Å². The van der Waals surface area contributed by atoms with E-state index < -0.39 is 0 Å². The number of nitrogens with zero attached hydrogens (tertiary/aromatic N) is 6. The smallest absolute Gasteiger partial charge is 0.373 e. The van der Waals surface area contributed by atoms with Gasteiger partial charge in [0.15, 0.2) is 22.9 Å². The molecule has 0 aliphatic rings. The molecule has 0 saturated heterocycles. The molecule has 12 aromatic rings. The first-order chi connectivity index (χ1) is 34.2. The normalized spacial score (nSPS) is 11.7. The first-order valence-corrected chi connectivity index (χ1v) is 23.8. The van der Waals surface area contributed by atoms with E-state index in [-0.39, 0.29) is 0 Å². The van der Waals surface area contributed by atoms with E-state index in [0.29, 0.717) is 0 Å². The van der Waals surface area contributed by atoms with Gasteiger partial charge in [0.1, 0.15) is 12.4 Å². The summed E-state index contributed by atoms with van der Waals surface area (Å²) in [4.78, 5) is 0. The maximum atomic E-state index is 6.48. The molecule has 4 aromatic heterocycles. The van der Waals surface area contributed by atoms with Crippen molar-refractivity contribution < 1.29 is 18.6 Å². The highest BCUT2D eigenvalue weighted by atomic mass is 16.5. The summed E-state index contributed by atoms with van der Waals surface area (Å²) >= 11 is 0. The summed E-state index contributed by atoms with van der Waals surface area (Å²) in [5.74, 6) is 3.77. The molecule has 0 aliphatic carbocycles. The van der Waals surface area contributed by atoms with E-state index in [4.69, 9.17) is 9.47 Å². The minimum Gasteiger partial charge on any atom is -0.494 e. The van der Waals surface area contributed by atoms with Crippen molar-refractivity contribution in [2.24, 2.45) is 28.2 Å². The highest BCUT2D eigenvalue weighted by molar-refractivity contribution is 6.11. The van der Waals surface area contributed by atoms with Crippen LogP contribution in [0.1, 0.15) is 11.1 Å². The molecule has 0 amide bonds. The van der Waals surface area contributed by atoms with Crippen molar-refractivity contribution in [1.29, 1.82) is 0 Å². The number of methoxy groups -OCH3 is 2. The fraction of sp³-hybridized carbons (Fsp3) is 0.129. The molecule has 0 aliphatic heterocycles. The molecular weight excluding hydrogens is 861 g/mol. The highest BCUT2D eigenvalue weighted by Gasteiger charge is 2.35. The lowest BCUT2D eigenvalue weighted by atomic mass is 9.95. The van der Waals surface area contributed by atoms with E-state index in [1.165, 1.54) is 21.5 Å². The number of aromatic nitrogens is 6. The van der Waals surface area contributed by atoms with Crippen LogP contribution >= 0.6 is 0 Å². The molecule has 0 fully saturated rings. The van der Waals surface area contributed by atoms with Gasteiger partial charge in [0.05, 0.1) is 75.9 Å². The number of hydrogen-bond acceptors (Lipinski definition) is 2. The van der Waals surface area contributed by atoms with Gasteiger partial charge in [0.25, 0.3) is 0 Å². The lowest BCUT2D eigenvalue weighted by molar-refractivity contribution is -0.679. The number of para-hydroxylation sites is 4. The first-order valence-electron chi connectivity index (χ1n) is 23.8. The van der Waals surface area contributed by atoms with Gasteiger partial charge in [-0.2, -0.15) is 0 Å². The van der Waals surface area contributed by atoms with Crippen molar-refractivity contribution in [1.82, 2.24) is 18.3 Å². The highest BCUT2D eigenvalue weighted by Crippen LogP contribution is 2.46. The lowest BCUT2D eigenvalue weighted by Crippen LogP contribution is -2.40. The molecular formula is C62H54N6O2+2. The Kier molecular flexibility index (Phi) is 10.1. The summed E-state index contributed by atoms with van der Waals surface area (Å²) in [5, 5.41) is 4.86. The average molecular weight is 915 g/mol.